The number of aryl methyl sites for hydroxylation is 1. The van der Waals surface area contributed by atoms with Crippen LogP contribution in [-0.4, -0.2) is 5.78 Å². The van der Waals surface area contributed by atoms with Crippen LogP contribution in [0.25, 0.3) is 0 Å². The Morgan fingerprint density at radius 1 is 0.769 bits per heavy atom. The molecule has 26 heavy (non-hydrogen) atoms. The maximum atomic E-state index is 12.8. The van der Waals surface area contributed by atoms with Crippen LogP contribution in [0, 0.1) is 0 Å². The first kappa shape index (κ1) is 18.1. The molecule has 132 valence electrons. The van der Waals surface area contributed by atoms with Crippen LogP contribution in [0.4, 0.5) is 0 Å². The summed E-state index contributed by atoms with van der Waals surface area (Å²) >= 11 is 0. The number of hydrogen-bond acceptors (Lipinski definition) is 1. The van der Waals surface area contributed by atoms with E-state index in [2.05, 4.69) is 43.3 Å². The van der Waals surface area contributed by atoms with E-state index in [4.69, 9.17) is 0 Å². The number of benzene rings is 3. The standard InChI is InChI=1S/C25H26O/c1-2-3-10-20-15-17-22(18-16-20)24(21-11-6-4-7-12-21)19-25(26)23-13-8-5-9-14-23/h4-9,11-18,24H,2-3,10,19H2,1H3/t24-/m0/s1. The number of carbonyl (C=O) groups is 1. The van der Waals surface area contributed by atoms with Crippen LogP contribution in [0.1, 0.15) is 59.2 Å². The van der Waals surface area contributed by atoms with Crippen molar-refractivity contribution in [3.63, 3.8) is 0 Å². The molecule has 3 aromatic rings. The highest BCUT2D eigenvalue weighted by atomic mass is 16.1. The number of ketones is 1. The van der Waals surface area contributed by atoms with Gasteiger partial charge in [-0.2, -0.15) is 0 Å². The van der Waals surface area contributed by atoms with Gasteiger partial charge in [-0.25, -0.2) is 0 Å². The van der Waals surface area contributed by atoms with Crippen molar-refractivity contribution in [3.8, 4) is 0 Å². The zero-order valence-corrected chi connectivity index (χ0v) is 15.4. The van der Waals surface area contributed by atoms with E-state index in [-0.39, 0.29) is 11.7 Å². The van der Waals surface area contributed by atoms with Crippen LogP contribution in [0.2, 0.25) is 0 Å². The molecule has 1 heteroatoms. The summed E-state index contributed by atoms with van der Waals surface area (Å²) in [5.74, 6) is 0.277. The molecule has 0 spiro atoms. The third kappa shape index (κ3) is 4.70. The zero-order chi connectivity index (χ0) is 18.2. The zero-order valence-electron chi connectivity index (χ0n) is 15.4. The minimum Gasteiger partial charge on any atom is -0.294 e. The Balaban J connectivity index is 1.85. The number of Topliss-reactive ketones (excluding diaryl/α,β-unsaturated/α-hetero) is 1. The highest BCUT2D eigenvalue weighted by Crippen LogP contribution is 2.30. The number of hydrogen-bond donors (Lipinski definition) is 0. The van der Waals surface area contributed by atoms with E-state index in [1.807, 2.05) is 48.5 Å². The Bertz CT molecular complexity index is 804. The van der Waals surface area contributed by atoms with Gasteiger partial charge >= 0.3 is 0 Å². The van der Waals surface area contributed by atoms with Crippen LogP contribution in [-0.2, 0) is 6.42 Å². The summed E-state index contributed by atoms with van der Waals surface area (Å²) in [5.41, 5.74) is 4.56. The van der Waals surface area contributed by atoms with Gasteiger partial charge in [0.25, 0.3) is 0 Å². The average Bonchev–Trinajstić information content (AvgIpc) is 2.72. The molecule has 0 aromatic heterocycles. The van der Waals surface area contributed by atoms with Crippen LogP contribution in [0.5, 0.6) is 0 Å². The normalized spacial score (nSPS) is 11.9. The second-order valence-electron chi connectivity index (χ2n) is 6.80. The van der Waals surface area contributed by atoms with Crippen molar-refractivity contribution in [2.45, 2.75) is 38.5 Å². The summed E-state index contributed by atoms with van der Waals surface area (Å²) in [6.07, 6.45) is 4.03. The molecule has 0 saturated heterocycles. The summed E-state index contributed by atoms with van der Waals surface area (Å²) in [4.78, 5) is 12.8. The largest absolute Gasteiger partial charge is 0.294 e. The molecule has 1 nitrogen and oxygen atoms in total. The Hall–Kier alpha value is -2.67. The van der Waals surface area contributed by atoms with E-state index >= 15 is 0 Å². The number of unbranched alkanes of at least 4 members (excludes halogenated alkanes) is 1. The lowest BCUT2D eigenvalue weighted by atomic mass is 9.85. The molecule has 0 fully saturated rings. The van der Waals surface area contributed by atoms with Crippen molar-refractivity contribution in [1.29, 1.82) is 0 Å². The molecule has 0 aliphatic carbocycles. The summed E-state index contributed by atoms with van der Waals surface area (Å²) in [7, 11) is 0. The summed E-state index contributed by atoms with van der Waals surface area (Å²) < 4.78 is 0. The third-order valence-electron chi connectivity index (χ3n) is 4.89. The quantitative estimate of drug-likeness (QED) is 0.431. The lowest BCUT2D eigenvalue weighted by Gasteiger charge is -2.18. The van der Waals surface area contributed by atoms with E-state index in [9.17, 15) is 4.79 Å². The Morgan fingerprint density at radius 2 is 1.35 bits per heavy atom. The Labute approximate surface area is 156 Å². The van der Waals surface area contributed by atoms with E-state index in [0.29, 0.717) is 6.42 Å². The first-order valence-corrected chi connectivity index (χ1v) is 9.50. The lowest BCUT2D eigenvalue weighted by molar-refractivity contribution is 0.0977. The van der Waals surface area contributed by atoms with Crippen LogP contribution in [0.3, 0.4) is 0 Å². The highest BCUT2D eigenvalue weighted by Gasteiger charge is 2.19. The summed E-state index contributed by atoms with van der Waals surface area (Å²) in [5, 5.41) is 0. The van der Waals surface area contributed by atoms with Crippen molar-refractivity contribution < 1.29 is 4.79 Å². The predicted octanol–water partition coefficient (Wildman–Crippen LogP) is 6.43. The van der Waals surface area contributed by atoms with E-state index in [1.54, 1.807) is 0 Å². The molecular formula is C25H26O. The fourth-order valence-electron chi connectivity index (χ4n) is 3.34. The highest BCUT2D eigenvalue weighted by molar-refractivity contribution is 5.96. The number of rotatable bonds is 8. The molecule has 0 saturated carbocycles. The smallest absolute Gasteiger partial charge is 0.163 e. The minimum absolute atomic E-state index is 0.0872. The van der Waals surface area contributed by atoms with Gasteiger partial charge in [0, 0.05) is 17.9 Å². The molecule has 1 atom stereocenters. The predicted molar refractivity (Wildman–Crippen MR) is 109 cm³/mol. The van der Waals surface area contributed by atoms with Crippen LogP contribution < -0.4 is 0 Å². The van der Waals surface area contributed by atoms with Crippen molar-refractivity contribution in [3.05, 3.63) is 107 Å². The van der Waals surface area contributed by atoms with Crippen LogP contribution in [0.15, 0.2) is 84.9 Å². The van der Waals surface area contributed by atoms with Gasteiger partial charge in [0.05, 0.1) is 0 Å². The van der Waals surface area contributed by atoms with Gasteiger partial charge in [-0.15, -0.1) is 0 Å². The SMILES string of the molecule is CCCCc1ccc([C@@H](CC(=O)c2ccccc2)c2ccccc2)cc1. The van der Waals surface area contributed by atoms with Gasteiger partial charge < -0.3 is 0 Å². The average molecular weight is 342 g/mol. The van der Waals surface area contributed by atoms with Crippen molar-refractivity contribution in [1.82, 2.24) is 0 Å². The van der Waals surface area contributed by atoms with Crippen LogP contribution >= 0.6 is 0 Å². The molecule has 0 amide bonds. The lowest BCUT2D eigenvalue weighted by Crippen LogP contribution is -2.09. The topological polar surface area (TPSA) is 17.1 Å². The second kappa shape index (κ2) is 9.15. The molecule has 0 aliphatic heterocycles. The molecule has 0 N–H and O–H groups in total. The van der Waals surface area contributed by atoms with Gasteiger partial charge in [0.2, 0.25) is 0 Å². The summed E-state index contributed by atoms with van der Waals surface area (Å²) in [6, 6.07) is 28.8. The molecule has 0 heterocycles. The first-order valence-electron chi connectivity index (χ1n) is 9.50. The molecule has 0 aliphatic rings. The van der Waals surface area contributed by atoms with Gasteiger partial charge in [-0.05, 0) is 29.5 Å². The van der Waals surface area contributed by atoms with Crippen molar-refractivity contribution >= 4 is 5.78 Å². The maximum absolute atomic E-state index is 12.8. The van der Waals surface area contributed by atoms with E-state index in [0.717, 1.165) is 12.0 Å². The minimum atomic E-state index is 0.0872. The van der Waals surface area contributed by atoms with Gasteiger partial charge in [0.15, 0.2) is 5.78 Å². The molecule has 3 aromatic carbocycles. The molecule has 0 bridgehead atoms. The van der Waals surface area contributed by atoms with E-state index in [1.165, 1.54) is 29.5 Å². The fraction of sp³-hybridized carbons (Fsp3) is 0.240. The number of carbonyl (C=O) groups excluding carboxylic acids is 1. The van der Waals surface area contributed by atoms with Crippen molar-refractivity contribution in [2.24, 2.45) is 0 Å². The molecule has 3 rings (SSSR count). The maximum Gasteiger partial charge on any atom is 0.163 e. The van der Waals surface area contributed by atoms with E-state index < -0.39 is 0 Å². The Kier molecular flexibility index (Phi) is 6.38. The molecule has 0 radical (unpaired) electrons. The monoisotopic (exact) mass is 342 g/mol. The van der Waals surface area contributed by atoms with Crippen molar-refractivity contribution in [2.75, 3.05) is 0 Å². The van der Waals surface area contributed by atoms with Gasteiger partial charge in [-0.3, -0.25) is 4.79 Å². The fourth-order valence-corrected chi connectivity index (χ4v) is 3.34. The van der Waals surface area contributed by atoms with Gasteiger partial charge in [0.1, 0.15) is 0 Å². The first-order chi connectivity index (χ1) is 12.8. The molecule has 0 unspecified atom stereocenters. The summed E-state index contributed by atoms with van der Waals surface area (Å²) in [6.45, 7) is 2.22. The third-order valence-corrected chi connectivity index (χ3v) is 4.89. The second-order valence-corrected chi connectivity index (χ2v) is 6.80. The van der Waals surface area contributed by atoms with Gasteiger partial charge in [-0.1, -0.05) is 98.3 Å². The molecular weight excluding hydrogens is 316 g/mol. The Morgan fingerprint density at radius 3 is 1.96 bits per heavy atom.